The monoisotopic (exact) mass is 404 g/mol. The number of amidine groups is 1. The van der Waals surface area contributed by atoms with E-state index >= 15 is 0 Å². The molecule has 0 saturated heterocycles. The lowest BCUT2D eigenvalue weighted by Gasteiger charge is -2.21. The Labute approximate surface area is 174 Å². The molecule has 1 aliphatic rings. The zero-order chi connectivity index (χ0) is 21.5. The summed E-state index contributed by atoms with van der Waals surface area (Å²) in [5, 5.41) is 2.87. The molecule has 3 aromatic rings. The summed E-state index contributed by atoms with van der Waals surface area (Å²) in [6, 6.07) is 13.6. The van der Waals surface area contributed by atoms with E-state index in [9.17, 15) is 9.59 Å². The third-order valence-corrected chi connectivity index (χ3v) is 5.79. The van der Waals surface area contributed by atoms with Gasteiger partial charge in [-0.25, -0.2) is 9.78 Å². The predicted octanol–water partition coefficient (Wildman–Crippen LogP) is 3.16. The van der Waals surface area contributed by atoms with Crippen molar-refractivity contribution in [3.8, 4) is 0 Å². The Morgan fingerprint density at radius 2 is 1.93 bits per heavy atom. The van der Waals surface area contributed by atoms with Gasteiger partial charge in [-0.15, -0.1) is 0 Å². The molecule has 1 atom stereocenters. The molecule has 30 heavy (non-hydrogen) atoms. The smallest absolute Gasteiger partial charge is 0.338 e. The summed E-state index contributed by atoms with van der Waals surface area (Å²) in [6.07, 6.45) is 1.74. The number of ether oxygens (including phenoxy) is 1. The maximum Gasteiger partial charge on any atom is 0.338 e. The van der Waals surface area contributed by atoms with Crippen LogP contribution in [0.2, 0.25) is 0 Å². The number of aromatic nitrogens is 2. The van der Waals surface area contributed by atoms with Gasteiger partial charge < -0.3 is 14.6 Å². The molecule has 154 valence electrons. The van der Waals surface area contributed by atoms with Crippen LogP contribution in [-0.2, 0) is 16.1 Å². The molecule has 2 heterocycles. The normalized spacial score (nSPS) is 18.6. The van der Waals surface area contributed by atoms with Crippen LogP contribution >= 0.6 is 0 Å². The maximum absolute atomic E-state index is 12.7. The van der Waals surface area contributed by atoms with Gasteiger partial charge in [-0.1, -0.05) is 44.2 Å². The second kappa shape index (κ2) is 7.40. The highest BCUT2D eigenvalue weighted by molar-refractivity contribution is 6.22. The zero-order valence-electron chi connectivity index (χ0n) is 17.5. The lowest BCUT2D eigenvalue weighted by atomic mass is 9.89. The highest BCUT2D eigenvalue weighted by atomic mass is 16.5. The molecular weight excluding hydrogens is 380 g/mol. The summed E-state index contributed by atoms with van der Waals surface area (Å²) >= 11 is 0. The Kier molecular flexibility index (Phi) is 4.89. The van der Waals surface area contributed by atoms with Gasteiger partial charge in [0.15, 0.2) is 0 Å². The predicted molar refractivity (Wildman–Crippen MR) is 115 cm³/mol. The van der Waals surface area contributed by atoms with E-state index < -0.39 is 11.5 Å². The Morgan fingerprint density at radius 3 is 2.57 bits per heavy atom. The number of methoxy groups -OCH3 is 1. The van der Waals surface area contributed by atoms with Gasteiger partial charge in [-0.3, -0.25) is 9.79 Å². The van der Waals surface area contributed by atoms with Crippen molar-refractivity contribution >= 4 is 28.7 Å². The van der Waals surface area contributed by atoms with Gasteiger partial charge in [-0.2, -0.15) is 0 Å². The first-order chi connectivity index (χ1) is 14.3. The molecular formula is C23H24N4O3. The summed E-state index contributed by atoms with van der Waals surface area (Å²) in [5.74, 6) is -0.345. The molecule has 2 aromatic carbocycles. The highest BCUT2D eigenvalue weighted by Gasteiger charge is 2.43. The number of fused-ring (bicyclic) bond motifs is 1. The summed E-state index contributed by atoms with van der Waals surface area (Å²) in [4.78, 5) is 34.4. The van der Waals surface area contributed by atoms with Crippen LogP contribution in [0.4, 0.5) is 0 Å². The molecule has 0 spiro atoms. The number of rotatable bonds is 5. The van der Waals surface area contributed by atoms with Gasteiger partial charge in [0, 0.05) is 6.54 Å². The van der Waals surface area contributed by atoms with Gasteiger partial charge in [0.05, 0.1) is 30.1 Å². The number of nitrogens with one attached hydrogen (secondary N) is 1. The highest BCUT2D eigenvalue weighted by Crippen LogP contribution is 2.30. The molecule has 1 N–H and O–H groups in total. The van der Waals surface area contributed by atoms with Crippen LogP contribution in [-0.4, -0.2) is 39.9 Å². The Morgan fingerprint density at radius 1 is 1.20 bits per heavy atom. The van der Waals surface area contributed by atoms with Crippen molar-refractivity contribution in [3.05, 3.63) is 65.5 Å². The minimum Gasteiger partial charge on any atom is -0.465 e. The van der Waals surface area contributed by atoms with Crippen LogP contribution in [0.15, 0.2) is 53.8 Å². The SMILES string of the molecule is COC(=O)c1ccc2c(ncn2Cc2ccccc2)c1C1=NC(C)(C(C)C)C(=O)N1. The van der Waals surface area contributed by atoms with Crippen LogP contribution in [0, 0.1) is 5.92 Å². The third-order valence-electron chi connectivity index (χ3n) is 5.79. The topological polar surface area (TPSA) is 85.6 Å². The molecule has 1 unspecified atom stereocenters. The van der Waals surface area contributed by atoms with Gasteiger partial charge in [0.2, 0.25) is 0 Å². The molecule has 4 rings (SSSR count). The summed E-state index contributed by atoms with van der Waals surface area (Å²) in [5.41, 5.74) is 2.48. The third kappa shape index (κ3) is 3.16. The molecule has 1 aromatic heterocycles. The number of carbonyl (C=O) groups is 2. The lowest BCUT2D eigenvalue weighted by molar-refractivity contribution is -0.124. The average Bonchev–Trinajstić information content (AvgIpc) is 3.28. The molecule has 0 radical (unpaired) electrons. The Hall–Kier alpha value is -3.48. The molecule has 7 nitrogen and oxygen atoms in total. The fraction of sp³-hybridized carbons (Fsp3) is 0.304. The number of nitrogens with zero attached hydrogens (tertiary/aromatic N) is 3. The van der Waals surface area contributed by atoms with Crippen LogP contribution in [0.3, 0.4) is 0 Å². The van der Waals surface area contributed by atoms with Crippen molar-refractivity contribution in [1.82, 2.24) is 14.9 Å². The van der Waals surface area contributed by atoms with E-state index in [4.69, 9.17) is 9.73 Å². The number of aliphatic imine (C=N–C) groups is 1. The van der Waals surface area contributed by atoms with Crippen molar-refractivity contribution in [1.29, 1.82) is 0 Å². The number of hydrogen-bond acceptors (Lipinski definition) is 5. The van der Waals surface area contributed by atoms with Crippen LogP contribution < -0.4 is 5.32 Å². The van der Waals surface area contributed by atoms with Crippen LogP contribution in [0.1, 0.15) is 42.3 Å². The number of hydrogen-bond donors (Lipinski definition) is 1. The first-order valence-electron chi connectivity index (χ1n) is 9.87. The standard InChI is InChI=1S/C23H24N4O3/c1-14(2)23(3)22(29)25-20(26-23)18-16(21(28)30-4)10-11-17-19(18)24-13-27(17)12-15-8-6-5-7-9-15/h5-11,13-14H,12H2,1-4H3,(H,25,26,29). The van der Waals surface area contributed by atoms with Crippen molar-refractivity contribution in [2.75, 3.05) is 7.11 Å². The second-order valence-corrected chi connectivity index (χ2v) is 7.92. The molecule has 1 amide bonds. The number of benzene rings is 2. The molecule has 0 aliphatic carbocycles. The molecule has 7 heteroatoms. The number of amides is 1. The molecule has 0 saturated carbocycles. The van der Waals surface area contributed by atoms with Gasteiger partial charge in [0.1, 0.15) is 16.9 Å². The van der Waals surface area contributed by atoms with Crippen molar-refractivity contribution in [2.24, 2.45) is 10.9 Å². The zero-order valence-corrected chi connectivity index (χ0v) is 17.5. The van der Waals surface area contributed by atoms with Crippen LogP contribution in [0.25, 0.3) is 11.0 Å². The lowest BCUT2D eigenvalue weighted by Crippen LogP contribution is -2.41. The largest absolute Gasteiger partial charge is 0.465 e. The van der Waals surface area contributed by atoms with Gasteiger partial charge >= 0.3 is 5.97 Å². The Bertz CT molecular complexity index is 1160. The van der Waals surface area contributed by atoms with Gasteiger partial charge in [-0.05, 0) is 30.5 Å². The van der Waals surface area contributed by atoms with Crippen molar-refractivity contribution < 1.29 is 14.3 Å². The average molecular weight is 404 g/mol. The minimum atomic E-state index is -0.905. The number of esters is 1. The summed E-state index contributed by atoms with van der Waals surface area (Å²) in [7, 11) is 1.33. The van der Waals surface area contributed by atoms with E-state index in [1.807, 2.05) is 54.8 Å². The first kappa shape index (κ1) is 19.8. The van der Waals surface area contributed by atoms with Gasteiger partial charge in [0.25, 0.3) is 5.91 Å². The van der Waals surface area contributed by atoms with Crippen molar-refractivity contribution in [2.45, 2.75) is 32.9 Å². The maximum atomic E-state index is 12.7. The number of imidazole rings is 1. The fourth-order valence-electron chi connectivity index (χ4n) is 3.61. The van der Waals surface area contributed by atoms with E-state index in [1.165, 1.54) is 7.11 Å². The number of carbonyl (C=O) groups excluding carboxylic acids is 2. The van der Waals surface area contributed by atoms with Crippen LogP contribution in [0.5, 0.6) is 0 Å². The first-order valence-corrected chi connectivity index (χ1v) is 9.87. The van der Waals surface area contributed by atoms with E-state index in [0.29, 0.717) is 29.0 Å². The van der Waals surface area contributed by atoms with Crippen molar-refractivity contribution in [3.63, 3.8) is 0 Å². The van der Waals surface area contributed by atoms with E-state index in [0.717, 1.165) is 11.1 Å². The quantitative estimate of drug-likeness (QED) is 0.662. The van der Waals surface area contributed by atoms with E-state index in [-0.39, 0.29) is 11.8 Å². The molecule has 0 bridgehead atoms. The van der Waals surface area contributed by atoms with E-state index in [1.54, 1.807) is 19.3 Å². The van der Waals surface area contributed by atoms with E-state index in [2.05, 4.69) is 10.3 Å². The molecule has 1 aliphatic heterocycles. The summed E-state index contributed by atoms with van der Waals surface area (Å²) < 4.78 is 6.98. The Balaban J connectivity index is 1.89. The summed E-state index contributed by atoms with van der Waals surface area (Å²) in [6.45, 7) is 6.33. The molecule has 0 fully saturated rings. The fourth-order valence-corrected chi connectivity index (χ4v) is 3.61. The minimum absolute atomic E-state index is 0.00795. The second-order valence-electron chi connectivity index (χ2n) is 7.92.